The molecule has 0 aliphatic carbocycles. The third-order valence-electron chi connectivity index (χ3n) is 1.60. The van der Waals surface area contributed by atoms with Gasteiger partial charge in [0.15, 0.2) is 0 Å². The molecule has 0 aromatic carbocycles. The lowest BCUT2D eigenvalue weighted by atomic mass is 10.2. The Bertz CT molecular complexity index is 364. The summed E-state index contributed by atoms with van der Waals surface area (Å²) in [5.41, 5.74) is 5.47. The van der Waals surface area contributed by atoms with Crippen LogP contribution in [0.3, 0.4) is 0 Å². The molecule has 0 aliphatic rings. The molecule has 0 fully saturated rings. The molecule has 2 N–H and O–H groups in total. The van der Waals surface area contributed by atoms with Crippen molar-refractivity contribution in [3.8, 4) is 6.07 Å². The zero-order valence-corrected chi connectivity index (χ0v) is 8.55. The molecule has 74 valence electrons. The molecule has 1 aromatic rings. The van der Waals surface area contributed by atoms with Gasteiger partial charge in [0.25, 0.3) is 6.43 Å². The van der Waals surface area contributed by atoms with Gasteiger partial charge in [0.1, 0.15) is 11.5 Å². The van der Waals surface area contributed by atoms with Gasteiger partial charge in [-0.25, -0.2) is 13.8 Å². The van der Waals surface area contributed by atoms with E-state index in [0.29, 0.717) is 10.0 Å². The van der Waals surface area contributed by atoms with Gasteiger partial charge in [0.05, 0.1) is 12.5 Å². The van der Waals surface area contributed by atoms with E-state index in [-0.39, 0.29) is 12.2 Å². The third-order valence-corrected chi connectivity index (χ3v) is 2.31. The highest BCUT2D eigenvalue weighted by molar-refractivity contribution is 9.10. The van der Waals surface area contributed by atoms with Gasteiger partial charge in [-0.15, -0.1) is 0 Å². The van der Waals surface area contributed by atoms with E-state index in [1.807, 2.05) is 6.07 Å². The number of anilines is 1. The minimum Gasteiger partial charge on any atom is -0.383 e. The van der Waals surface area contributed by atoms with Crippen molar-refractivity contribution in [1.29, 1.82) is 5.26 Å². The van der Waals surface area contributed by atoms with Crippen LogP contribution in [0.1, 0.15) is 17.7 Å². The first-order valence-corrected chi connectivity index (χ1v) is 4.45. The van der Waals surface area contributed by atoms with E-state index in [4.69, 9.17) is 11.0 Å². The second-order valence-electron chi connectivity index (χ2n) is 2.53. The monoisotopic (exact) mass is 261 g/mol. The number of hydrogen-bond acceptors (Lipinski definition) is 3. The molecule has 3 nitrogen and oxygen atoms in total. The van der Waals surface area contributed by atoms with E-state index < -0.39 is 12.1 Å². The van der Waals surface area contributed by atoms with Gasteiger partial charge >= 0.3 is 0 Å². The molecule has 0 unspecified atom stereocenters. The predicted octanol–water partition coefficient (Wildman–Crippen LogP) is 2.43. The zero-order valence-electron chi connectivity index (χ0n) is 6.97. The Morgan fingerprint density at radius 2 is 2.29 bits per heavy atom. The van der Waals surface area contributed by atoms with Crippen LogP contribution in [-0.4, -0.2) is 4.98 Å². The van der Waals surface area contributed by atoms with Crippen molar-refractivity contribution < 1.29 is 8.78 Å². The molecule has 14 heavy (non-hydrogen) atoms. The van der Waals surface area contributed by atoms with Crippen molar-refractivity contribution in [2.24, 2.45) is 0 Å². The first-order chi connectivity index (χ1) is 6.56. The van der Waals surface area contributed by atoms with Gasteiger partial charge in [0.2, 0.25) is 0 Å². The topological polar surface area (TPSA) is 62.7 Å². The summed E-state index contributed by atoms with van der Waals surface area (Å²) in [6.45, 7) is 0. The number of nitrogens with zero attached hydrogens (tertiary/aromatic N) is 2. The van der Waals surface area contributed by atoms with Gasteiger partial charge in [-0.05, 0) is 6.07 Å². The smallest absolute Gasteiger partial charge is 0.280 e. The molecule has 1 aromatic heterocycles. The highest BCUT2D eigenvalue weighted by Gasteiger charge is 2.14. The number of nitriles is 1. The van der Waals surface area contributed by atoms with Crippen molar-refractivity contribution in [2.75, 3.05) is 5.73 Å². The Kier molecular flexibility index (Phi) is 3.36. The Hall–Kier alpha value is -1.22. The summed E-state index contributed by atoms with van der Waals surface area (Å²) in [5.74, 6) is -0.0313. The van der Waals surface area contributed by atoms with Crippen molar-refractivity contribution >= 4 is 21.7 Å². The summed E-state index contributed by atoms with van der Waals surface area (Å²) >= 11 is 3.06. The average molecular weight is 262 g/mol. The van der Waals surface area contributed by atoms with E-state index in [2.05, 4.69) is 20.9 Å². The summed E-state index contributed by atoms with van der Waals surface area (Å²) in [5, 5.41) is 8.44. The maximum Gasteiger partial charge on any atom is 0.280 e. The molecule has 0 saturated heterocycles. The van der Waals surface area contributed by atoms with Crippen LogP contribution in [0, 0.1) is 11.3 Å². The van der Waals surface area contributed by atoms with Crippen LogP contribution in [0.5, 0.6) is 0 Å². The minimum absolute atomic E-state index is 0.0313. The number of alkyl halides is 2. The van der Waals surface area contributed by atoms with Gasteiger partial charge < -0.3 is 5.73 Å². The van der Waals surface area contributed by atoms with Crippen molar-refractivity contribution in [3.05, 3.63) is 21.8 Å². The molecule has 1 heterocycles. The molecule has 0 radical (unpaired) electrons. The quantitative estimate of drug-likeness (QED) is 0.890. The van der Waals surface area contributed by atoms with Crippen molar-refractivity contribution in [2.45, 2.75) is 12.8 Å². The fourth-order valence-corrected chi connectivity index (χ4v) is 1.52. The average Bonchev–Trinajstić information content (AvgIpc) is 2.10. The van der Waals surface area contributed by atoms with E-state index >= 15 is 0 Å². The number of halogens is 3. The molecular formula is C8H6BrF2N3. The number of aromatic nitrogens is 1. The van der Waals surface area contributed by atoms with Crippen LogP contribution >= 0.6 is 15.9 Å². The van der Waals surface area contributed by atoms with Crippen LogP contribution in [0.2, 0.25) is 0 Å². The van der Waals surface area contributed by atoms with Gasteiger partial charge in [-0.1, -0.05) is 15.9 Å². The molecular weight excluding hydrogens is 256 g/mol. The first kappa shape index (κ1) is 10.9. The maximum absolute atomic E-state index is 12.2. The number of pyridine rings is 1. The predicted molar refractivity (Wildman–Crippen MR) is 50.6 cm³/mol. The van der Waals surface area contributed by atoms with E-state index in [0.717, 1.165) is 0 Å². The lowest BCUT2D eigenvalue weighted by Gasteiger charge is -2.06. The summed E-state index contributed by atoms with van der Waals surface area (Å²) in [6, 6.07) is 3.05. The summed E-state index contributed by atoms with van der Waals surface area (Å²) in [4.78, 5) is 3.50. The number of nitrogen functional groups attached to an aromatic ring is 1. The molecule has 1 rings (SSSR count). The lowest BCUT2D eigenvalue weighted by molar-refractivity contribution is 0.146. The molecule has 0 bridgehead atoms. The second kappa shape index (κ2) is 4.33. The van der Waals surface area contributed by atoms with E-state index in [9.17, 15) is 8.78 Å². The van der Waals surface area contributed by atoms with Crippen LogP contribution in [0.15, 0.2) is 10.5 Å². The lowest BCUT2D eigenvalue weighted by Crippen LogP contribution is -2.02. The molecule has 6 heteroatoms. The van der Waals surface area contributed by atoms with Crippen molar-refractivity contribution in [3.63, 3.8) is 0 Å². The maximum atomic E-state index is 12.2. The van der Waals surface area contributed by atoms with Crippen LogP contribution in [-0.2, 0) is 6.42 Å². The molecule has 0 amide bonds. The van der Waals surface area contributed by atoms with Gasteiger partial charge in [-0.3, -0.25) is 0 Å². The first-order valence-electron chi connectivity index (χ1n) is 3.66. The second-order valence-corrected chi connectivity index (χ2v) is 3.38. The highest BCUT2D eigenvalue weighted by Crippen LogP contribution is 2.27. The highest BCUT2D eigenvalue weighted by atomic mass is 79.9. The standard InChI is InChI=1S/C8H6BrF2N3/c9-5-3-6(7(10)11)14-8(13)4(5)1-2-12/h3,7H,1H2,(H2,13,14). The SMILES string of the molecule is N#CCc1c(Br)cc(C(F)F)nc1N. The third kappa shape index (κ3) is 2.17. The molecule has 0 atom stereocenters. The molecule has 0 saturated carbocycles. The number of nitrogens with two attached hydrogens (primary N) is 1. The summed E-state index contributed by atoms with van der Waals surface area (Å²) in [7, 11) is 0. The fourth-order valence-electron chi connectivity index (χ4n) is 0.944. The van der Waals surface area contributed by atoms with E-state index in [1.54, 1.807) is 0 Å². The Morgan fingerprint density at radius 3 is 2.71 bits per heavy atom. The Morgan fingerprint density at radius 1 is 1.64 bits per heavy atom. The number of rotatable bonds is 2. The van der Waals surface area contributed by atoms with Crippen molar-refractivity contribution in [1.82, 2.24) is 4.98 Å². The molecule has 0 aliphatic heterocycles. The number of hydrogen-bond donors (Lipinski definition) is 1. The fraction of sp³-hybridized carbons (Fsp3) is 0.250. The normalized spacial score (nSPS) is 10.2. The van der Waals surface area contributed by atoms with Gasteiger partial charge in [-0.2, -0.15) is 5.26 Å². The summed E-state index contributed by atoms with van der Waals surface area (Å²) < 4.78 is 24.9. The summed E-state index contributed by atoms with van der Waals surface area (Å²) in [6.07, 6.45) is -2.62. The minimum atomic E-state index is -2.66. The Balaban J connectivity index is 3.19. The van der Waals surface area contributed by atoms with Gasteiger partial charge in [0, 0.05) is 10.0 Å². The van der Waals surface area contributed by atoms with E-state index in [1.165, 1.54) is 6.07 Å². The van der Waals surface area contributed by atoms with Crippen LogP contribution in [0.25, 0.3) is 0 Å². The molecule has 0 spiro atoms. The Labute approximate surface area is 87.7 Å². The van der Waals surface area contributed by atoms with Crippen LogP contribution < -0.4 is 5.73 Å². The largest absolute Gasteiger partial charge is 0.383 e. The van der Waals surface area contributed by atoms with Crippen LogP contribution in [0.4, 0.5) is 14.6 Å². The zero-order chi connectivity index (χ0) is 10.7.